The highest BCUT2D eigenvalue weighted by atomic mass is 16.5. The number of amides is 1. The van der Waals surface area contributed by atoms with Crippen LogP contribution in [0.1, 0.15) is 29.9 Å². The van der Waals surface area contributed by atoms with Crippen molar-refractivity contribution in [3.8, 4) is 5.75 Å². The molecule has 1 N–H and O–H groups in total. The lowest BCUT2D eigenvalue weighted by Crippen LogP contribution is -2.35. The summed E-state index contributed by atoms with van der Waals surface area (Å²) in [5.41, 5.74) is 4.04. The fourth-order valence-corrected chi connectivity index (χ4v) is 3.31. The minimum absolute atomic E-state index is 0.0464. The highest BCUT2D eigenvalue weighted by Gasteiger charge is 2.23. The molecular formula is C18H20N4O2. The second-order valence-corrected chi connectivity index (χ2v) is 6.30. The van der Waals surface area contributed by atoms with E-state index in [0.717, 1.165) is 47.3 Å². The maximum Gasteiger partial charge on any atom is 0.264 e. The Morgan fingerprint density at radius 1 is 1.21 bits per heavy atom. The van der Waals surface area contributed by atoms with E-state index in [1.807, 2.05) is 25.1 Å². The van der Waals surface area contributed by atoms with Crippen LogP contribution in [0.2, 0.25) is 0 Å². The average molecular weight is 324 g/mol. The summed E-state index contributed by atoms with van der Waals surface area (Å²) < 4.78 is 5.48. The van der Waals surface area contributed by atoms with E-state index in [4.69, 9.17) is 4.74 Å². The third-order valence-electron chi connectivity index (χ3n) is 4.60. The van der Waals surface area contributed by atoms with Crippen LogP contribution < -0.4 is 15.0 Å². The molecule has 0 atom stereocenters. The molecule has 0 saturated carbocycles. The number of hydrogen-bond acceptors (Lipinski definition) is 5. The Morgan fingerprint density at radius 2 is 2.04 bits per heavy atom. The second kappa shape index (κ2) is 5.78. The Hall–Kier alpha value is -2.63. The molecule has 0 bridgehead atoms. The quantitative estimate of drug-likeness (QED) is 0.920. The van der Waals surface area contributed by atoms with E-state index in [9.17, 15) is 4.79 Å². The fourth-order valence-electron chi connectivity index (χ4n) is 3.31. The molecule has 6 nitrogen and oxygen atoms in total. The predicted octanol–water partition coefficient (Wildman–Crippen LogP) is 2.76. The van der Waals surface area contributed by atoms with Crippen molar-refractivity contribution in [3.63, 3.8) is 0 Å². The minimum Gasteiger partial charge on any atom is -0.482 e. The zero-order valence-corrected chi connectivity index (χ0v) is 13.9. The third kappa shape index (κ3) is 2.58. The van der Waals surface area contributed by atoms with Gasteiger partial charge in [0, 0.05) is 24.0 Å². The number of nitrogens with zero attached hydrogens (tertiary/aromatic N) is 3. The van der Waals surface area contributed by atoms with Gasteiger partial charge >= 0.3 is 0 Å². The lowest BCUT2D eigenvalue weighted by Gasteiger charge is -2.26. The highest BCUT2D eigenvalue weighted by molar-refractivity contribution is 5.98. The van der Waals surface area contributed by atoms with E-state index >= 15 is 0 Å². The number of aryl methyl sites for hydroxylation is 2. The molecule has 1 aliphatic heterocycles. The van der Waals surface area contributed by atoms with Crippen molar-refractivity contribution in [3.05, 3.63) is 35.3 Å². The molecule has 0 fully saturated rings. The molecule has 2 aromatic rings. The first-order valence-electron chi connectivity index (χ1n) is 8.28. The van der Waals surface area contributed by atoms with Gasteiger partial charge in [0.15, 0.2) is 6.61 Å². The number of nitrogens with one attached hydrogen (secondary N) is 1. The summed E-state index contributed by atoms with van der Waals surface area (Å²) in [6.07, 6.45) is 4.38. The number of fused-ring (bicyclic) bond motifs is 2. The standard InChI is InChI=1S/C18H20N4O2/c1-11-19-14-6-4-3-5-13(14)18(20-11)21-12-7-8-16-15(9-12)22(2)17(23)10-24-16/h7-9H,3-6,10H2,1-2H3,(H,19,20,21). The number of rotatable bonds is 2. The summed E-state index contributed by atoms with van der Waals surface area (Å²) in [6.45, 7) is 2.02. The summed E-state index contributed by atoms with van der Waals surface area (Å²) in [5, 5.41) is 3.41. The van der Waals surface area contributed by atoms with Crippen LogP contribution in [0.15, 0.2) is 18.2 Å². The van der Waals surface area contributed by atoms with Crippen molar-refractivity contribution in [1.82, 2.24) is 9.97 Å². The molecule has 2 aliphatic rings. The number of benzene rings is 1. The van der Waals surface area contributed by atoms with Gasteiger partial charge in [0.1, 0.15) is 17.4 Å². The van der Waals surface area contributed by atoms with Crippen molar-refractivity contribution >= 4 is 23.1 Å². The van der Waals surface area contributed by atoms with Gasteiger partial charge in [-0.25, -0.2) is 9.97 Å². The molecule has 1 aromatic carbocycles. The number of ether oxygens (including phenoxy) is 1. The minimum atomic E-state index is -0.0464. The van der Waals surface area contributed by atoms with Crippen LogP contribution in [-0.4, -0.2) is 29.5 Å². The lowest BCUT2D eigenvalue weighted by atomic mass is 9.96. The number of hydrogen-bond donors (Lipinski definition) is 1. The molecule has 124 valence electrons. The van der Waals surface area contributed by atoms with E-state index in [1.165, 1.54) is 18.4 Å². The van der Waals surface area contributed by atoms with E-state index in [1.54, 1.807) is 11.9 Å². The summed E-state index contributed by atoms with van der Waals surface area (Å²) in [5.74, 6) is 2.34. The first-order chi connectivity index (χ1) is 11.6. The lowest BCUT2D eigenvalue weighted by molar-refractivity contribution is -0.120. The topological polar surface area (TPSA) is 67.4 Å². The molecule has 0 saturated heterocycles. The van der Waals surface area contributed by atoms with Gasteiger partial charge in [-0.2, -0.15) is 0 Å². The van der Waals surface area contributed by atoms with Gasteiger partial charge in [-0.05, 0) is 50.8 Å². The number of likely N-dealkylation sites (N-methyl/N-ethyl adjacent to an activating group) is 1. The van der Waals surface area contributed by atoms with E-state index in [0.29, 0.717) is 0 Å². The van der Waals surface area contributed by atoms with Gasteiger partial charge < -0.3 is 15.0 Å². The Labute approximate surface area is 140 Å². The first kappa shape index (κ1) is 14.9. The van der Waals surface area contributed by atoms with Crippen LogP contribution >= 0.6 is 0 Å². The molecule has 0 unspecified atom stereocenters. The maximum absolute atomic E-state index is 11.8. The summed E-state index contributed by atoms with van der Waals surface area (Å²) >= 11 is 0. The number of carbonyl (C=O) groups is 1. The normalized spacial score (nSPS) is 16.2. The Bertz CT molecular complexity index is 819. The van der Waals surface area contributed by atoms with Crippen LogP contribution in [0.5, 0.6) is 5.75 Å². The molecule has 4 rings (SSSR count). The zero-order chi connectivity index (χ0) is 16.7. The predicted molar refractivity (Wildman–Crippen MR) is 92.0 cm³/mol. The van der Waals surface area contributed by atoms with Crippen molar-refractivity contribution in [2.75, 3.05) is 23.9 Å². The summed E-state index contributed by atoms with van der Waals surface area (Å²) in [4.78, 5) is 22.6. The Balaban J connectivity index is 1.69. The fraction of sp³-hybridized carbons (Fsp3) is 0.389. The molecule has 24 heavy (non-hydrogen) atoms. The second-order valence-electron chi connectivity index (χ2n) is 6.30. The molecule has 2 heterocycles. The molecule has 0 spiro atoms. The van der Waals surface area contributed by atoms with Crippen LogP contribution in [0.3, 0.4) is 0 Å². The largest absolute Gasteiger partial charge is 0.482 e. The van der Waals surface area contributed by atoms with Gasteiger partial charge in [-0.15, -0.1) is 0 Å². The van der Waals surface area contributed by atoms with E-state index in [-0.39, 0.29) is 12.5 Å². The summed E-state index contributed by atoms with van der Waals surface area (Å²) in [6, 6.07) is 5.77. The number of aromatic nitrogens is 2. The first-order valence-corrected chi connectivity index (χ1v) is 8.28. The molecular weight excluding hydrogens is 304 g/mol. The van der Waals surface area contributed by atoms with Gasteiger partial charge in [0.2, 0.25) is 0 Å². The molecule has 1 aromatic heterocycles. The average Bonchev–Trinajstić information content (AvgIpc) is 2.58. The number of carbonyl (C=O) groups excluding carboxylic acids is 1. The van der Waals surface area contributed by atoms with Crippen LogP contribution in [0.4, 0.5) is 17.2 Å². The van der Waals surface area contributed by atoms with Gasteiger partial charge in [0.05, 0.1) is 5.69 Å². The van der Waals surface area contributed by atoms with Gasteiger partial charge in [-0.3, -0.25) is 4.79 Å². The smallest absolute Gasteiger partial charge is 0.264 e. The molecule has 6 heteroatoms. The number of anilines is 3. The highest BCUT2D eigenvalue weighted by Crippen LogP contribution is 2.35. The van der Waals surface area contributed by atoms with E-state index in [2.05, 4.69) is 15.3 Å². The van der Waals surface area contributed by atoms with Crippen molar-refractivity contribution < 1.29 is 9.53 Å². The van der Waals surface area contributed by atoms with Crippen molar-refractivity contribution in [2.24, 2.45) is 0 Å². The van der Waals surface area contributed by atoms with E-state index < -0.39 is 0 Å². The van der Waals surface area contributed by atoms with Crippen molar-refractivity contribution in [1.29, 1.82) is 0 Å². The maximum atomic E-state index is 11.8. The van der Waals surface area contributed by atoms with Crippen LogP contribution in [-0.2, 0) is 17.6 Å². The molecule has 1 amide bonds. The summed E-state index contributed by atoms with van der Waals surface area (Å²) in [7, 11) is 1.77. The SMILES string of the molecule is Cc1nc2c(c(Nc3ccc4c(c3)N(C)C(=O)CO4)n1)CCCC2. The Kier molecular flexibility index (Phi) is 3.59. The van der Waals surface area contributed by atoms with Crippen LogP contribution in [0.25, 0.3) is 0 Å². The molecule has 1 aliphatic carbocycles. The molecule has 0 radical (unpaired) electrons. The van der Waals surface area contributed by atoms with Gasteiger partial charge in [0.25, 0.3) is 5.91 Å². The van der Waals surface area contributed by atoms with Crippen molar-refractivity contribution in [2.45, 2.75) is 32.6 Å². The third-order valence-corrected chi connectivity index (χ3v) is 4.60. The monoisotopic (exact) mass is 324 g/mol. The van der Waals surface area contributed by atoms with Gasteiger partial charge in [-0.1, -0.05) is 0 Å². The Morgan fingerprint density at radius 3 is 2.92 bits per heavy atom. The zero-order valence-electron chi connectivity index (χ0n) is 13.9. The van der Waals surface area contributed by atoms with Crippen LogP contribution in [0, 0.1) is 6.92 Å².